The number of anilines is 1. The number of amides is 1. The highest BCUT2D eigenvalue weighted by Crippen LogP contribution is 2.29. The maximum Gasteiger partial charge on any atom is 0.336 e. The van der Waals surface area contributed by atoms with E-state index in [1.807, 2.05) is 37.3 Å². The van der Waals surface area contributed by atoms with Crippen molar-refractivity contribution >= 4 is 17.8 Å². The van der Waals surface area contributed by atoms with E-state index >= 15 is 0 Å². The maximum absolute atomic E-state index is 12.0. The van der Waals surface area contributed by atoms with E-state index in [0.29, 0.717) is 36.0 Å². The third kappa shape index (κ3) is 4.48. The van der Waals surface area contributed by atoms with Crippen LogP contribution in [0.2, 0.25) is 0 Å². The van der Waals surface area contributed by atoms with E-state index in [2.05, 4.69) is 15.3 Å². The van der Waals surface area contributed by atoms with Crippen LogP contribution in [0, 0.1) is 6.92 Å². The second-order valence-electron chi connectivity index (χ2n) is 7.47. The number of ether oxygens (including phenoxy) is 1. The van der Waals surface area contributed by atoms with Crippen molar-refractivity contribution in [1.82, 2.24) is 9.97 Å². The van der Waals surface area contributed by atoms with Crippen LogP contribution in [0.3, 0.4) is 0 Å². The van der Waals surface area contributed by atoms with Gasteiger partial charge in [-0.05, 0) is 55.5 Å². The van der Waals surface area contributed by atoms with E-state index in [1.54, 1.807) is 12.1 Å². The van der Waals surface area contributed by atoms with Gasteiger partial charge in [0.1, 0.15) is 5.75 Å². The molecule has 4 rings (SSSR count). The Labute approximate surface area is 179 Å². The molecule has 1 aliphatic rings. The van der Waals surface area contributed by atoms with Gasteiger partial charge in [0, 0.05) is 17.8 Å². The normalized spacial score (nSPS) is 15.1. The first-order valence-corrected chi connectivity index (χ1v) is 9.93. The Balaban J connectivity index is 1.58. The van der Waals surface area contributed by atoms with E-state index in [1.165, 1.54) is 6.07 Å². The summed E-state index contributed by atoms with van der Waals surface area (Å²) in [4.78, 5) is 32.5. The predicted molar refractivity (Wildman–Crippen MR) is 115 cm³/mol. The molecule has 1 aromatic heterocycles. The average molecular weight is 418 g/mol. The number of aryl methyl sites for hydroxylation is 2. The first-order chi connectivity index (χ1) is 14.9. The number of aromatic carboxylic acids is 1. The van der Waals surface area contributed by atoms with Crippen molar-refractivity contribution in [3.63, 3.8) is 0 Å². The van der Waals surface area contributed by atoms with Crippen LogP contribution in [0.5, 0.6) is 11.6 Å². The quantitative estimate of drug-likeness (QED) is 0.560. The van der Waals surface area contributed by atoms with Crippen LogP contribution in [-0.4, -0.2) is 33.0 Å². The number of hydrogen-bond donors (Lipinski definition) is 3. The molecule has 0 aliphatic heterocycles. The van der Waals surface area contributed by atoms with Crippen molar-refractivity contribution < 1.29 is 19.4 Å². The fourth-order valence-electron chi connectivity index (χ4n) is 3.87. The van der Waals surface area contributed by atoms with Gasteiger partial charge in [0.15, 0.2) is 0 Å². The Kier molecular flexibility index (Phi) is 5.53. The molecular weight excluding hydrogens is 396 g/mol. The number of carboxylic acids is 1. The third-order valence-electron chi connectivity index (χ3n) is 5.23. The fourth-order valence-corrected chi connectivity index (χ4v) is 3.87. The summed E-state index contributed by atoms with van der Waals surface area (Å²) < 4.78 is 5.82. The number of nitrogens with zero attached hydrogens (tertiary/aromatic N) is 2. The minimum Gasteiger partial charge on any atom is -0.478 e. The molecule has 0 saturated carbocycles. The number of nitrogens with one attached hydrogen (secondary N) is 1. The van der Waals surface area contributed by atoms with Crippen LogP contribution >= 0.6 is 0 Å². The fraction of sp³-hybridized carbons (Fsp3) is 0.217. The van der Waals surface area contributed by atoms with Crippen molar-refractivity contribution in [2.45, 2.75) is 32.2 Å². The Bertz CT molecular complexity index is 1150. The topological polar surface area (TPSA) is 127 Å². The highest BCUT2D eigenvalue weighted by Gasteiger charge is 2.27. The zero-order valence-electron chi connectivity index (χ0n) is 17.0. The monoisotopic (exact) mass is 418 g/mol. The second-order valence-corrected chi connectivity index (χ2v) is 7.47. The molecular formula is C23H22N4O4. The van der Waals surface area contributed by atoms with E-state index in [9.17, 15) is 14.7 Å². The molecule has 4 N–H and O–H groups in total. The number of para-hydroxylation sites is 1. The Morgan fingerprint density at radius 2 is 1.94 bits per heavy atom. The second kappa shape index (κ2) is 8.43. The molecule has 0 fully saturated rings. The minimum absolute atomic E-state index is 0.0720. The molecule has 1 aliphatic carbocycles. The molecule has 158 valence electrons. The number of primary amides is 1. The number of benzene rings is 2. The number of rotatable bonds is 6. The van der Waals surface area contributed by atoms with Crippen LogP contribution in [-0.2, 0) is 12.8 Å². The first kappa shape index (κ1) is 20.3. The molecule has 2 aromatic carbocycles. The standard InChI is InChI=1S/C23H22N4O4/c1-13-11-19(31-16-5-3-2-4-6-16)27-23(25-13)26-15-9-7-14-8-10-17(22(29)30)20(21(24)28)18(14)12-15/h2-6,8,10-11,15H,7,9,12H2,1H3,(H2,24,28)(H,29,30)(H,25,26,27). The molecule has 1 atom stereocenters. The molecule has 8 heteroatoms. The van der Waals surface area contributed by atoms with Gasteiger partial charge in [0.05, 0.1) is 11.1 Å². The van der Waals surface area contributed by atoms with E-state index in [4.69, 9.17) is 10.5 Å². The van der Waals surface area contributed by atoms with Crippen LogP contribution in [0.15, 0.2) is 48.5 Å². The van der Waals surface area contributed by atoms with Crippen LogP contribution in [0.1, 0.15) is 44.0 Å². The molecule has 8 nitrogen and oxygen atoms in total. The summed E-state index contributed by atoms with van der Waals surface area (Å²) >= 11 is 0. The summed E-state index contributed by atoms with van der Waals surface area (Å²) in [5, 5.41) is 12.7. The first-order valence-electron chi connectivity index (χ1n) is 9.93. The smallest absolute Gasteiger partial charge is 0.336 e. The van der Waals surface area contributed by atoms with Crippen LogP contribution in [0.25, 0.3) is 0 Å². The lowest BCUT2D eigenvalue weighted by Gasteiger charge is -2.27. The average Bonchev–Trinajstić information content (AvgIpc) is 2.72. The summed E-state index contributed by atoms with van der Waals surface area (Å²) in [5.74, 6) is -0.403. The lowest BCUT2D eigenvalue weighted by atomic mass is 9.83. The Morgan fingerprint density at radius 1 is 1.16 bits per heavy atom. The number of carbonyl (C=O) groups is 2. The van der Waals surface area contributed by atoms with Gasteiger partial charge in [-0.1, -0.05) is 24.3 Å². The number of hydrogen-bond acceptors (Lipinski definition) is 6. The third-order valence-corrected chi connectivity index (χ3v) is 5.23. The van der Waals surface area contributed by atoms with Gasteiger partial charge in [-0.2, -0.15) is 4.98 Å². The van der Waals surface area contributed by atoms with E-state index < -0.39 is 11.9 Å². The van der Waals surface area contributed by atoms with E-state index in [-0.39, 0.29) is 17.2 Å². The lowest BCUT2D eigenvalue weighted by molar-refractivity contribution is 0.0691. The molecule has 3 aromatic rings. The number of carboxylic acid groups (broad SMARTS) is 1. The summed E-state index contributed by atoms with van der Waals surface area (Å²) in [6.45, 7) is 1.85. The summed E-state index contributed by atoms with van der Waals surface area (Å²) in [5.41, 5.74) is 7.88. The van der Waals surface area contributed by atoms with Crippen molar-refractivity contribution in [2.75, 3.05) is 5.32 Å². The van der Waals surface area contributed by atoms with Crippen LogP contribution in [0.4, 0.5) is 5.95 Å². The predicted octanol–water partition coefficient (Wildman–Crippen LogP) is 3.34. The zero-order valence-corrected chi connectivity index (χ0v) is 17.0. The van der Waals surface area contributed by atoms with Gasteiger partial charge in [0.25, 0.3) is 0 Å². The molecule has 0 spiro atoms. The minimum atomic E-state index is -1.17. The molecule has 31 heavy (non-hydrogen) atoms. The summed E-state index contributed by atoms with van der Waals surface area (Å²) in [7, 11) is 0. The molecule has 0 radical (unpaired) electrons. The number of carbonyl (C=O) groups excluding carboxylic acids is 1. The molecule has 1 amide bonds. The van der Waals surface area contributed by atoms with Gasteiger partial charge in [-0.15, -0.1) is 0 Å². The van der Waals surface area contributed by atoms with Gasteiger partial charge < -0.3 is 20.9 Å². The molecule has 0 bridgehead atoms. The van der Waals surface area contributed by atoms with Gasteiger partial charge in [-0.3, -0.25) is 4.79 Å². The number of aromatic nitrogens is 2. The SMILES string of the molecule is Cc1cc(Oc2ccccc2)nc(NC2CCc3ccc(C(=O)O)c(C(N)=O)c3C2)n1. The Morgan fingerprint density at radius 3 is 2.65 bits per heavy atom. The van der Waals surface area contributed by atoms with Crippen molar-refractivity contribution in [3.8, 4) is 11.6 Å². The molecule has 0 saturated heterocycles. The lowest BCUT2D eigenvalue weighted by Crippen LogP contribution is -2.31. The highest BCUT2D eigenvalue weighted by molar-refractivity contribution is 6.05. The van der Waals surface area contributed by atoms with Crippen LogP contribution < -0.4 is 15.8 Å². The van der Waals surface area contributed by atoms with Gasteiger partial charge >= 0.3 is 5.97 Å². The van der Waals surface area contributed by atoms with Gasteiger partial charge in [0.2, 0.25) is 17.7 Å². The largest absolute Gasteiger partial charge is 0.478 e. The van der Waals surface area contributed by atoms with Gasteiger partial charge in [-0.25, -0.2) is 9.78 Å². The highest BCUT2D eigenvalue weighted by atomic mass is 16.5. The molecule has 1 heterocycles. The summed E-state index contributed by atoms with van der Waals surface area (Å²) in [6, 6.07) is 14.2. The Hall–Kier alpha value is -3.94. The zero-order chi connectivity index (χ0) is 22.0. The van der Waals surface area contributed by atoms with E-state index in [0.717, 1.165) is 17.7 Å². The molecule has 1 unspecified atom stereocenters. The van der Waals surface area contributed by atoms with Crippen molar-refractivity contribution in [2.24, 2.45) is 5.73 Å². The summed E-state index contributed by atoms with van der Waals surface area (Å²) in [6.07, 6.45) is 1.91. The number of fused-ring (bicyclic) bond motifs is 1. The van der Waals surface area contributed by atoms with Crippen molar-refractivity contribution in [3.05, 3.63) is 76.5 Å². The van der Waals surface area contributed by atoms with Crippen molar-refractivity contribution in [1.29, 1.82) is 0 Å². The maximum atomic E-state index is 12.0. The number of nitrogens with two attached hydrogens (primary N) is 1.